The first-order chi connectivity index (χ1) is 7.49. The van der Waals surface area contributed by atoms with Gasteiger partial charge < -0.3 is 5.11 Å². The number of carbonyl (C=O) groups is 1. The van der Waals surface area contributed by atoms with Crippen LogP contribution in [0, 0.1) is 12.7 Å². The molecule has 16 heavy (non-hydrogen) atoms. The molecule has 1 heterocycles. The van der Waals surface area contributed by atoms with Gasteiger partial charge in [0.25, 0.3) is 0 Å². The number of hydrogen-bond acceptors (Lipinski definition) is 2. The molecule has 2 aromatic rings. The van der Waals surface area contributed by atoms with E-state index in [1.807, 2.05) is 0 Å². The molecule has 82 valence electrons. The maximum atomic E-state index is 13.1. The van der Waals surface area contributed by atoms with Gasteiger partial charge in [-0.25, -0.2) is 14.2 Å². The summed E-state index contributed by atoms with van der Waals surface area (Å²) in [4.78, 5) is 14.5. The lowest BCUT2D eigenvalue weighted by atomic mass is 10.1. The lowest BCUT2D eigenvalue weighted by Crippen LogP contribution is -2.01. The van der Waals surface area contributed by atoms with Crippen molar-refractivity contribution in [1.82, 2.24) is 4.98 Å². The van der Waals surface area contributed by atoms with Crippen molar-refractivity contribution < 1.29 is 14.3 Å². The van der Waals surface area contributed by atoms with Crippen molar-refractivity contribution in [1.29, 1.82) is 0 Å². The van der Waals surface area contributed by atoms with Crippen molar-refractivity contribution >= 4 is 28.3 Å². The normalized spacial score (nSPS) is 10.7. The first kappa shape index (κ1) is 10.8. The summed E-state index contributed by atoms with van der Waals surface area (Å²) in [5.74, 6) is -1.58. The molecule has 0 aliphatic rings. The maximum Gasteiger partial charge on any atom is 0.354 e. The summed E-state index contributed by atoms with van der Waals surface area (Å²) >= 11 is 5.81. The minimum absolute atomic E-state index is 0.00231. The molecule has 5 heteroatoms. The quantitative estimate of drug-likeness (QED) is 0.778. The van der Waals surface area contributed by atoms with E-state index in [1.54, 1.807) is 6.92 Å². The molecule has 0 aliphatic carbocycles. The maximum absolute atomic E-state index is 13.1. The van der Waals surface area contributed by atoms with Crippen molar-refractivity contribution in [3.8, 4) is 0 Å². The summed E-state index contributed by atoms with van der Waals surface area (Å²) in [5.41, 5.74) is 0.481. The van der Waals surface area contributed by atoms with E-state index in [9.17, 15) is 9.18 Å². The van der Waals surface area contributed by atoms with Crippen molar-refractivity contribution in [2.75, 3.05) is 0 Å². The third kappa shape index (κ3) is 1.72. The summed E-state index contributed by atoms with van der Waals surface area (Å²) in [6, 6.07) is 3.95. The number of rotatable bonds is 1. The average molecular weight is 240 g/mol. The molecule has 0 saturated carbocycles. The SMILES string of the molecule is Cc1cc(F)cc2c(Cl)nc(C(=O)O)cc12. The highest BCUT2D eigenvalue weighted by atomic mass is 35.5. The Bertz CT molecular complexity index is 598. The van der Waals surface area contributed by atoms with E-state index in [0.29, 0.717) is 16.3 Å². The number of nitrogens with zero attached hydrogens (tertiary/aromatic N) is 1. The molecule has 3 nitrogen and oxygen atoms in total. The molecule has 0 saturated heterocycles. The highest BCUT2D eigenvalue weighted by molar-refractivity contribution is 6.34. The van der Waals surface area contributed by atoms with Crippen LogP contribution in [0.2, 0.25) is 5.15 Å². The van der Waals surface area contributed by atoms with Crippen LogP contribution in [0.1, 0.15) is 16.1 Å². The van der Waals surface area contributed by atoms with Crippen molar-refractivity contribution in [2.24, 2.45) is 0 Å². The van der Waals surface area contributed by atoms with Crippen LogP contribution in [-0.4, -0.2) is 16.1 Å². The zero-order chi connectivity index (χ0) is 11.9. The van der Waals surface area contributed by atoms with Crippen LogP contribution < -0.4 is 0 Å². The van der Waals surface area contributed by atoms with Crippen molar-refractivity contribution in [3.05, 3.63) is 40.4 Å². The number of aryl methyl sites for hydroxylation is 1. The van der Waals surface area contributed by atoms with E-state index < -0.39 is 11.8 Å². The van der Waals surface area contributed by atoms with Crippen LogP contribution >= 0.6 is 11.6 Å². The number of aromatic nitrogens is 1. The number of pyridine rings is 1. The number of carboxylic acid groups (broad SMARTS) is 1. The van der Waals surface area contributed by atoms with Crippen molar-refractivity contribution in [2.45, 2.75) is 6.92 Å². The first-order valence-electron chi connectivity index (χ1n) is 4.48. The molecule has 0 aliphatic heterocycles. The summed E-state index contributed by atoms with van der Waals surface area (Å²) in [7, 11) is 0. The molecule has 1 N–H and O–H groups in total. The molecule has 0 fully saturated rings. The fraction of sp³-hybridized carbons (Fsp3) is 0.0909. The Kier molecular flexibility index (Phi) is 2.52. The number of aromatic carboxylic acids is 1. The number of halogens is 2. The molecule has 1 aromatic heterocycles. The van der Waals surface area contributed by atoms with Crippen LogP contribution in [-0.2, 0) is 0 Å². The summed E-state index contributed by atoms with van der Waals surface area (Å²) < 4.78 is 13.1. The third-order valence-corrected chi connectivity index (χ3v) is 2.58. The molecule has 0 atom stereocenters. The highest BCUT2D eigenvalue weighted by Gasteiger charge is 2.12. The van der Waals surface area contributed by atoms with E-state index in [2.05, 4.69) is 4.98 Å². The van der Waals surface area contributed by atoms with Crippen LogP contribution in [0.3, 0.4) is 0 Å². The predicted octanol–water partition coefficient (Wildman–Crippen LogP) is 3.03. The van der Waals surface area contributed by atoms with Gasteiger partial charge in [0.1, 0.15) is 11.0 Å². The van der Waals surface area contributed by atoms with E-state index in [-0.39, 0.29) is 10.8 Å². The minimum atomic E-state index is -1.16. The molecule has 2 rings (SSSR count). The standard InChI is InChI=1S/C11H7ClFNO2/c1-5-2-6(13)3-8-7(5)4-9(11(15)16)14-10(8)12/h2-4H,1H3,(H,15,16). The first-order valence-corrected chi connectivity index (χ1v) is 4.86. The summed E-state index contributed by atoms with van der Waals surface area (Å²) in [5, 5.41) is 9.83. The molecule has 0 spiro atoms. The van der Waals surface area contributed by atoms with Crippen molar-refractivity contribution in [3.63, 3.8) is 0 Å². The molecular weight excluding hydrogens is 233 g/mol. The van der Waals surface area contributed by atoms with E-state index >= 15 is 0 Å². The summed E-state index contributed by atoms with van der Waals surface area (Å²) in [6.07, 6.45) is 0. The molecular formula is C11H7ClFNO2. The zero-order valence-electron chi connectivity index (χ0n) is 8.29. The van der Waals surface area contributed by atoms with Crippen LogP contribution in [0.4, 0.5) is 4.39 Å². The second-order valence-corrected chi connectivity index (χ2v) is 3.78. The zero-order valence-corrected chi connectivity index (χ0v) is 9.05. The number of fused-ring (bicyclic) bond motifs is 1. The number of carboxylic acids is 1. The van der Waals surface area contributed by atoms with E-state index in [0.717, 1.165) is 0 Å². The smallest absolute Gasteiger partial charge is 0.354 e. The van der Waals surface area contributed by atoms with Gasteiger partial charge in [-0.1, -0.05) is 11.6 Å². The van der Waals surface area contributed by atoms with Crippen LogP contribution in [0.15, 0.2) is 18.2 Å². The van der Waals surface area contributed by atoms with Gasteiger partial charge in [0, 0.05) is 5.39 Å². The Balaban J connectivity index is 2.87. The van der Waals surface area contributed by atoms with Gasteiger partial charge in [-0.2, -0.15) is 0 Å². The van der Waals surface area contributed by atoms with Gasteiger partial charge >= 0.3 is 5.97 Å². The molecule has 0 unspecified atom stereocenters. The molecule has 0 bridgehead atoms. The van der Waals surface area contributed by atoms with Gasteiger partial charge in [-0.3, -0.25) is 0 Å². The fourth-order valence-corrected chi connectivity index (χ4v) is 1.81. The largest absolute Gasteiger partial charge is 0.477 e. The van der Waals surface area contributed by atoms with Gasteiger partial charge in [0.2, 0.25) is 0 Å². The second-order valence-electron chi connectivity index (χ2n) is 3.42. The van der Waals surface area contributed by atoms with Crippen LogP contribution in [0.5, 0.6) is 0 Å². The van der Waals surface area contributed by atoms with Gasteiger partial charge in [-0.15, -0.1) is 0 Å². The molecule has 0 amide bonds. The highest BCUT2D eigenvalue weighted by Crippen LogP contribution is 2.26. The Morgan fingerprint density at radius 3 is 2.69 bits per heavy atom. The Hall–Kier alpha value is -1.68. The topological polar surface area (TPSA) is 50.2 Å². The van der Waals surface area contributed by atoms with E-state index in [1.165, 1.54) is 18.2 Å². The number of hydrogen-bond donors (Lipinski definition) is 1. The molecule has 1 aromatic carbocycles. The van der Waals surface area contributed by atoms with Gasteiger partial charge in [0.05, 0.1) is 0 Å². The summed E-state index contributed by atoms with van der Waals surface area (Å²) in [6.45, 7) is 1.69. The monoisotopic (exact) mass is 239 g/mol. The van der Waals surface area contributed by atoms with E-state index in [4.69, 9.17) is 16.7 Å². The average Bonchev–Trinajstić information content (AvgIpc) is 2.19. The lowest BCUT2D eigenvalue weighted by Gasteiger charge is -2.05. The minimum Gasteiger partial charge on any atom is -0.477 e. The van der Waals surface area contributed by atoms with Gasteiger partial charge in [0.15, 0.2) is 5.69 Å². The molecule has 0 radical (unpaired) electrons. The third-order valence-electron chi connectivity index (χ3n) is 2.29. The Labute approximate surface area is 95.5 Å². The predicted molar refractivity (Wildman–Crippen MR) is 58.4 cm³/mol. The van der Waals surface area contributed by atoms with Gasteiger partial charge in [-0.05, 0) is 36.1 Å². The number of benzene rings is 1. The van der Waals surface area contributed by atoms with Crippen LogP contribution in [0.25, 0.3) is 10.8 Å². The second kappa shape index (κ2) is 3.72. The fourth-order valence-electron chi connectivity index (χ4n) is 1.56. The Morgan fingerprint density at radius 1 is 1.38 bits per heavy atom. The lowest BCUT2D eigenvalue weighted by molar-refractivity contribution is 0.0691. The Morgan fingerprint density at radius 2 is 2.06 bits per heavy atom.